The minimum Gasteiger partial charge on any atom is -0.496 e. The van der Waals surface area contributed by atoms with Crippen LogP contribution in [0, 0.1) is 0 Å². The van der Waals surface area contributed by atoms with E-state index < -0.39 is 36.5 Å². The third-order valence-electron chi connectivity index (χ3n) is 6.13. The van der Waals surface area contributed by atoms with Gasteiger partial charge in [-0.05, 0) is 19.1 Å². The molecular formula is C21H24ClF3N4O4. The molecule has 8 nitrogen and oxygen atoms in total. The van der Waals surface area contributed by atoms with Crippen LogP contribution in [0.1, 0.15) is 18.6 Å². The van der Waals surface area contributed by atoms with Crippen molar-refractivity contribution in [1.29, 1.82) is 0 Å². The maximum Gasteiger partial charge on any atom is 0.413 e. The number of benzene rings is 1. The number of aliphatic hydroxyl groups excluding tert-OH is 1. The number of hydrogen-bond donors (Lipinski definition) is 1. The SMILES string of the molecule is COc1cc(Cl)ccc1[C@@H](O)CN1c2nc(N3CCOCC3)cc(=O)n2C[C@@]1(C)C(F)(F)F. The summed E-state index contributed by atoms with van der Waals surface area (Å²) in [7, 11) is 1.38. The fourth-order valence-electron chi connectivity index (χ4n) is 4.16. The van der Waals surface area contributed by atoms with Gasteiger partial charge in [-0.25, -0.2) is 0 Å². The zero-order valence-corrected chi connectivity index (χ0v) is 18.9. The van der Waals surface area contributed by atoms with Gasteiger partial charge < -0.3 is 24.4 Å². The van der Waals surface area contributed by atoms with Crippen molar-refractivity contribution in [3.63, 3.8) is 0 Å². The Morgan fingerprint density at radius 3 is 2.64 bits per heavy atom. The van der Waals surface area contributed by atoms with E-state index in [2.05, 4.69) is 4.98 Å². The molecule has 0 spiro atoms. The molecule has 4 rings (SSSR count). The summed E-state index contributed by atoms with van der Waals surface area (Å²) in [5.74, 6) is 0.385. The van der Waals surface area contributed by atoms with E-state index >= 15 is 0 Å². The average Bonchev–Trinajstić information content (AvgIpc) is 3.07. The number of aliphatic hydroxyl groups is 1. The summed E-state index contributed by atoms with van der Waals surface area (Å²) >= 11 is 5.97. The Bertz CT molecular complexity index is 1090. The van der Waals surface area contributed by atoms with E-state index in [4.69, 9.17) is 21.1 Å². The van der Waals surface area contributed by atoms with Crippen molar-refractivity contribution < 1.29 is 27.8 Å². The van der Waals surface area contributed by atoms with E-state index in [9.17, 15) is 23.1 Å². The zero-order chi connectivity index (χ0) is 24.0. The van der Waals surface area contributed by atoms with Crippen molar-refractivity contribution in [3.05, 3.63) is 45.2 Å². The highest BCUT2D eigenvalue weighted by atomic mass is 35.5. The normalized spacial score (nSPS) is 21.8. The molecule has 1 aromatic carbocycles. The number of rotatable bonds is 5. The van der Waals surface area contributed by atoms with Crippen LogP contribution < -0.4 is 20.1 Å². The Morgan fingerprint density at radius 1 is 1.30 bits per heavy atom. The number of β-amino-alcohol motifs (C(OH)–C–C–N with tert-alkyl or cyclic N) is 1. The summed E-state index contributed by atoms with van der Waals surface area (Å²) < 4.78 is 54.3. The van der Waals surface area contributed by atoms with E-state index in [0.29, 0.717) is 31.3 Å². The molecule has 1 fully saturated rings. The Hall–Kier alpha value is -2.50. The fraction of sp³-hybridized carbons (Fsp3) is 0.524. The van der Waals surface area contributed by atoms with E-state index in [-0.39, 0.29) is 23.1 Å². The zero-order valence-electron chi connectivity index (χ0n) is 18.1. The van der Waals surface area contributed by atoms with Crippen LogP contribution in [0.5, 0.6) is 5.75 Å². The molecule has 2 aliphatic heterocycles. The smallest absolute Gasteiger partial charge is 0.413 e. The molecule has 180 valence electrons. The van der Waals surface area contributed by atoms with Crippen LogP contribution in [0.2, 0.25) is 5.02 Å². The molecule has 1 aromatic heterocycles. The van der Waals surface area contributed by atoms with Crippen molar-refractivity contribution in [2.24, 2.45) is 0 Å². The van der Waals surface area contributed by atoms with Gasteiger partial charge in [-0.1, -0.05) is 17.7 Å². The molecule has 12 heteroatoms. The molecule has 2 aromatic rings. The number of morpholine rings is 1. The lowest BCUT2D eigenvalue weighted by Crippen LogP contribution is -2.57. The lowest BCUT2D eigenvalue weighted by molar-refractivity contribution is -0.183. The molecule has 0 bridgehead atoms. The minimum atomic E-state index is -4.70. The van der Waals surface area contributed by atoms with Gasteiger partial charge in [0.15, 0.2) is 5.54 Å². The Kier molecular flexibility index (Phi) is 6.23. The summed E-state index contributed by atoms with van der Waals surface area (Å²) in [6.45, 7) is 1.70. The predicted octanol–water partition coefficient (Wildman–Crippen LogP) is 2.62. The largest absolute Gasteiger partial charge is 0.496 e. The lowest BCUT2D eigenvalue weighted by Gasteiger charge is -2.38. The first-order valence-electron chi connectivity index (χ1n) is 10.4. The number of methoxy groups -OCH3 is 1. The third kappa shape index (κ3) is 4.24. The Morgan fingerprint density at radius 2 is 2.00 bits per heavy atom. The molecule has 2 aliphatic rings. The molecule has 0 unspecified atom stereocenters. The van der Waals surface area contributed by atoms with Crippen molar-refractivity contribution in [3.8, 4) is 5.75 Å². The third-order valence-corrected chi connectivity index (χ3v) is 6.37. The topological polar surface area (TPSA) is 80.1 Å². The lowest BCUT2D eigenvalue weighted by atomic mass is 9.99. The van der Waals surface area contributed by atoms with Gasteiger partial charge in [-0.2, -0.15) is 18.2 Å². The number of fused-ring (bicyclic) bond motifs is 1. The summed E-state index contributed by atoms with van der Waals surface area (Å²) in [5.41, 5.74) is -2.76. The molecule has 0 amide bonds. The highest BCUT2D eigenvalue weighted by molar-refractivity contribution is 6.30. The van der Waals surface area contributed by atoms with Crippen molar-refractivity contribution in [2.75, 3.05) is 49.8 Å². The molecular weight excluding hydrogens is 465 g/mol. The van der Waals surface area contributed by atoms with Gasteiger partial charge in [0.05, 0.1) is 33.4 Å². The van der Waals surface area contributed by atoms with Crippen LogP contribution in [0.3, 0.4) is 0 Å². The van der Waals surface area contributed by atoms with Crippen molar-refractivity contribution >= 4 is 23.4 Å². The van der Waals surface area contributed by atoms with Crippen LogP contribution in [0.25, 0.3) is 0 Å². The van der Waals surface area contributed by atoms with E-state index in [1.165, 1.54) is 31.4 Å². The average molecular weight is 489 g/mol. The van der Waals surface area contributed by atoms with Crippen LogP contribution in [-0.4, -0.2) is 66.3 Å². The maximum atomic E-state index is 14.3. The van der Waals surface area contributed by atoms with Gasteiger partial charge in [-0.3, -0.25) is 9.36 Å². The molecule has 0 aliphatic carbocycles. The summed E-state index contributed by atoms with van der Waals surface area (Å²) in [6, 6.07) is 5.73. The van der Waals surface area contributed by atoms with E-state index in [1.54, 1.807) is 4.90 Å². The summed E-state index contributed by atoms with van der Waals surface area (Å²) in [4.78, 5) is 20.0. The van der Waals surface area contributed by atoms with Crippen LogP contribution in [0.4, 0.5) is 24.9 Å². The first kappa shape index (κ1) is 23.7. The number of ether oxygens (including phenoxy) is 2. The Balaban J connectivity index is 1.76. The molecule has 1 saturated heterocycles. The van der Waals surface area contributed by atoms with Gasteiger partial charge in [0, 0.05) is 29.7 Å². The molecule has 1 N–H and O–H groups in total. The standard InChI is InChI=1S/C21H24ClF3N4O4/c1-20(21(23,24)25)12-28-18(31)10-17(27-5-7-33-8-6-27)26-19(28)29(20)11-15(30)14-4-3-13(22)9-16(14)32-2/h3-4,9-10,15,30H,5-8,11-12H2,1-2H3/t15-,20-/m0/s1. The first-order chi connectivity index (χ1) is 15.5. The second-order valence-electron chi connectivity index (χ2n) is 8.22. The minimum absolute atomic E-state index is 0.143. The number of anilines is 2. The van der Waals surface area contributed by atoms with Crippen LogP contribution in [0.15, 0.2) is 29.1 Å². The predicted molar refractivity (Wildman–Crippen MR) is 116 cm³/mol. The quantitative estimate of drug-likeness (QED) is 0.693. The van der Waals surface area contributed by atoms with Crippen LogP contribution in [-0.2, 0) is 11.3 Å². The molecule has 0 radical (unpaired) electrons. The Labute approximate surface area is 193 Å². The molecule has 2 atom stereocenters. The first-order valence-corrected chi connectivity index (χ1v) is 10.7. The number of halogens is 4. The molecule has 0 saturated carbocycles. The summed E-state index contributed by atoms with van der Waals surface area (Å²) in [5, 5.41) is 11.3. The monoisotopic (exact) mass is 488 g/mol. The number of alkyl halides is 3. The van der Waals surface area contributed by atoms with Crippen molar-refractivity contribution in [1.82, 2.24) is 9.55 Å². The fourth-order valence-corrected chi connectivity index (χ4v) is 4.32. The van der Waals surface area contributed by atoms with Gasteiger partial charge in [0.2, 0.25) is 5.95 Å². The summed E-state index contributed by atoms with van der Waals surface area (Å²) in [6.07, 6.45) is -6.06. The van der Waals surface area contributed by atoms with Gasteiger partial charge in [0.25, 0.3) is 5.56 Å². The number of nitrogens with zero attached hydrogens (tertiary/aromatic N) is 4. The number of aromatic nitrogens is 2. The van der Waals surface area contributed by atoms with E-state index in [0.717, 1.165) is 16.4 Å². The van der Waals surface area contributed by atoms with Crippen molar-refractivity contribution in [2.45, 2.75) is 31.3 Å². The van der Waals surface area contributed by atoms with Gasteiger partial charge in [0.1, 0.15) is 17.7 Å². The van der Waals surface area contributed by atoms with Crippen LogP contribution >= 0.6 is 11.6 Å². The van der Waals surface area contributed by atoms with Gasteiger partial charge in [-0.15, -0.1) is 0 Å². The highest BCUT2D eigenvalue weighted by Gasteiger charge is 2.60. The van der Waals surface area contributed by atoms with E-state index in [1.807, 2.05) is 0 Å². The maximum absolute atomic E-state index is 14.3. The molecule has 3 heterocycles. The van der Waals surface area contributed by atoms with Gasteiger partial charge >= 0.3 is 6.18 Å². The highest BCUT2D eigenvalue weighted by Crippen LogP contribution is 2.44. The second kappa shape index (κ2) is 8.69. The molecule has 33 heavy (non-hydrogen) atoms. The second-order valence-corrected chi connectivity index (χ2v) is 8.66. The number of hydrogen-bond acceptors (Lipinski definition) is 7.